The maximum atomic E-state index is 14.4. The summed E-state index contributed by atoms with van der Waals surface area (Å²) in [4.78, 5) is 5.05. The molecule has 1 aromatic carbocycles. The predicted octanol–water partition coefficient (Wildman–Crippen LogP) is 6.03. The Morgan fingerprint density at radius 1 is 1.24 bits per heavy atom. The Balaban J connectivity index is 2.46. The van der Waals surface area contributed by atoms with Gasteiger partial charge in [-0.3, -0.25) is 4.57 Å². The van der Waals surface area contributed by atoms with Gasteiger partial charge in [-0.25, -0.2) is 0 Å². The minimum absolute atomic E-state index is 0.0256. The highest BCUT2D eigenvalue weighted by Crippen LogP contribution is 2.49. The molecular weight excluding hydrogens is 445 g/mol. The average Bonchev–Trinajstić information content (AvgIpc) is 2.68. The first-order chi connectivity index (χ1) is 13.5. The molecule has 1 aromatic heterocycles. The number of phenols is 1. The van der Waals surface area contributed by atoms with Gasteiger partial charge in [-0.15, -0.1) is 0 Å². The number of anilines is 1. The largest absolute Gasteiger partial charge is 0.508 e. The quantitative estimate of drug-likeness (QED) is 0.375. The first kappa shape index (κ1) is 23.7. The molecule has 0 saturated heterocycles. The van der Waals surface area contributed by atoms with Gasteiger partial charge in [0.25, 0.3) is 0 Å². The van der Waals surface area contributed by atoms with Gasteiger partial charge in [-0.2, -0.15) is 9.37 Å². The zero-order valence-electron chi connectivity index (χ0n) is 16.6. The van der Waals surface area contributed by atoms with Crippen LogP contribution >= 0.6 is 30.8 Å². The van der Waals surface area contributed by atoms with Crippen molar-refractivity contribution >= 4 is 36.6 Å². The van der Waals surface area contributed by atoms with E-state index in [1.54, 1.807) is 6.07 Å². The van der Waals surface area contributed by atoms with Gasteiger partial charge < -0.3 is 23.8 Å². The zero-order chi connectivity index (χ0) is 21.9. The summed E-state index contributed by atoms with van der Waals surface area (Å²) in [6.07, 6.45) is -0.232. The van der Waals surface area contributed by atoms with E-state index >= 15 is 0 Å². The summed E-state index contributed by atoms with van der Waals surface area (Å²) in [6, 6.07) is 4.57. The van der Waals surface area contributed by atoms with Crippen LogP contribution in [0.1, 0.15) is 25.3 Å². The van der Waals surface area contributed by atoms with Crippen molar-refractivity contribution in [2.45, 2.75) is 19.8 Å². The summed E-state index contributed by atoms with van der Waals surface area (Å²) in [6.45, 7) is 3.81. The van der Waals surface area contributed by atoms with E-state index < -0.39 is 18.6 Å². The van der Waals surface area contributed by atoms with Crippen molar-refractivity contribution in [2.75, 3.05) is 32.5 Å². The summed E-state index contributed by atoms with van der Waals surface area (Å²) in [5.74, 6) is -0.791. The SMILES string of the molecule is COP(=O)(CN(C)c1nc(F)c(Cl)c(Oc2ccc(O)c(C(C)C)c2)c1Cl)OC. The van der Waals surface area contributed by atoms with Crippen LogP contribution in [0.4, 0.5) is 10.2 Å². The highest BCUT2D eigenvalue weighted by Gasteiger charge is 2.28. The van der Waals surface area contributed by atoms with Gasteiger partial charge in [0.2, 0.25) is 5.95 Å². The lowest BCUT2D eigenvalue weighted by molar-refractivity contribution is 0.276. The van der Waals surface area contributed by atoms with Gasteiger partial charge in [0.1, 0.15) is 27.8 Å². The molecule has 11 heteroatoms. The van der Waals surface area contributed by atoms with E-state index in [4.69, 9.17) is 37.0 Å². The number of ether oxygens (including phenoxy) is 1. The molecule has 2 aromatic rings. The van der Waals surface area contributed by atoms with E-state index in [0.29, 0.717) is 11.3 Å². The van der Waals surface area contributed by atoms with Gasteiger partial charge in [-0.1, -0.05) is 37.0 Å². The van der Waals surface area contributed by atoms with E-state index in [-0.39, 0.29) is 34.5 Å². The molecule has 0 aliphatic carbocycles. The average molecular weight is 467 g/mol. The van der Waals surface area contributed by atoms with Gasteiger partial charge in [0, 0.05) is 26.8 Å². The second kappa shape index (κ2) is 9.49. The molecule has 29 heavy (non-hydrogen) atoms. The van der Waals surface area contributed by atoms with Crippen LogP contribution in [0.3, 0.4) is 0 Å². The number of rotatable bonds is 8. The second-order valence-electron chi connectivity index (χ2n) is 6.48. The van der Waals surface area contributed by atoms with Crippen LogP contribution in [0.2, 0.25) is 10.0 Å². The Bertz CT molecular complexity index is 937. The van der Waals surface area contributed by atoms with Gasteiger partial charge in [-0.05, 0) is 24.1 Å². The third kappa shape index (κ3) is 5.32. The number of hydrogen-bond acceptors (Lipinski definition) is 7. The number of aromatic nitrogens is 1. The standard InChI is InChI=1S/C18H22Cl2FN2O5P/c1-10(2)12-8-11(6-7-13(12)24)28-16-14(19)17(21)22-18(15(16)20)23(3)9-29(25,26-4)27-5/h6-8,10,24H,9H2,1-5H3. The Hall–Kier alpha value is -1.57. The zero-order valence-corrected chi connectivity index (χ0v) is 19.0. The first-order valence-corrected chi connectivity index (χ1v) is 11.0. The van der Waals surface area contributed by atoms with E-state index in [2.05, 4.69) is 4.98 Å². The van der Waals surface area contributed by atoms with Crippen LogP contribution in [0, 0.1) is 5.95 Å². The van der Waals surface area contributed by atoms with Crippen molar-refractivity contribution in [1.82, 2.24) is 4.98 Å². The lowest BCUT2D eigenvalue weighted by atomic mass is 10.0. The number of phenolic OH excluding ortho intramolecular Hbond substituents is 1. The molecule has 2 rings (SSSR count). The predicted molar refractivity (Wildman–Crippen MR) is 111 cm³/mol. The van der Waals surface area contributed by atoms with Crippen molar-refractivity contribution in [1.29, 1.82) is 0 Å². The highest BCUT2D eigenvalue weighted by atomic mass is 35.5. The van der Waals surface area contributed by atoms with Crippen LogP contribution in [0.5, 0.6) is 17.2 Å². The highest BCUT2D eigenvalue weighted by molar-refractivity contribution is 7.53. The molecule has 0 aliphatic rings. The maximum absolute atomic E-state index is 14.4. The fourth-order valence-corrected chi connectivity index (χ4v) is 4.10. The summed E-state index contributed by atoms with van der Waals surface area (Å²) in [7, 11) is 0.517. The Morgan fingerprint density at radius 2 is 1.86 bits per heavy atom. The van der Waals surface area contributed by atoms with E-state index in [0.717, 1.165) is 0 Å². The Morgan fingerprint density at radius 3 is 2.41 bits per heavy atom. The molecule has 0 amide bonds. The third-order valence-corrected chi connectivity index (χ3v) is 6.68. The van der Waals surface area contributed by atoms with Gasteiger partial charge in [0.05, 0.1) is 0 Å². The number of halogens is 3. The third-order valence-electron chi connectivity index (χ3n) is 4.12. The lowest BCUT2D eigenvalue weighted by Crippen LogP contribution is -2.22. The summed E-state index contributed by atoms with van der Waals surface area (Å²) < 4.78 is 42.3. The molecule has 0 aliphatic heterocycles. The molecule has 0 radical (unpaired) electrons. The molecule has 0 saturated carbocycles. The van der Waals surface area contributed by atoms with Crippen molar-refractivity contribution < 1.29 is 27.8 Å². The Labute approximate surface area is 178 Å². The van der Waals surface area contributed by atoms with Crippen molar-refractivity contribution in [3.63, 3.8) is 0 Å². The lowest BCUT2D eigenvalue weighted by Gasteiger charge is -2.24. The second-order valence-corrected chi connectivity index (χ2v) is 9.47. The topological polar surface area (TPSA) is 81.1 Å². The number of benzene rings is 1. The van der Waals surface area contributed by atoms with Crippen LogP contribution in [0.25, 0.3) is 0 Å². The van der Waals surface area contributed by atoms with Crippen LogP contribution in [-0.4, -0.2) is 37.6 Å². The smallest absolute Gasteiger partial charge is 0.349 e. The summed E-state index contributed by atoms with van der Waals surface area (Å²) in [5.41, 5.74) is 0.641. The van der Waals surface area contributed by atoms with Gasteiger partial charge in [0.15, 0.2) is 11.6 Å². The minimum atomic E-state index is -3.45. The van der Waals surface area contributed by atoms with Gasteiger partial charge >= 0.3 is 7.60 Å². The molecule has 0 bridgehead atoms. The minimum Gasteiger partial charge on any atom is -0.508 e. The fraction of sp³-hybridized carbons (Fsp3) is 0.389. The summed E-state index contributed by atoms with van der Waals surface area (Å²) >= 11 is 12.4. The van der Waals surface area contributed by atoms with Crippen LogP contribution < -0.4 is 9.64 Å². The van der Waals surface area contributed by atoms with Crippen LogP contribution in [0.15, 0.2) is 18.2 Å². The molecule has 0 unspecified atom stereocenters. The molecular formula is C18H22Cl2FN2O5P. The summed E-state index contributed by atoms with van der Waals surface area (Å²) in [5, 5.41) is 9.47. The van der Waals surface area contributed by atoms with E-state index in [1.165, 1.54) is 38.3 Å². The molecule has 1 heterocycles. The molecule has 0 fully saturated rings. The number of nitrogens with zero attached hydrogens (tertiary/aromatic N) is 2. The van der Waals surface area contributed by atoms with E-state index in [1.807, 2.05) is 13.8 Å². The molecule has 7 nitrogen and oxygen atoms in total. The number of aromatic hydroxyl groups is 1. The number of hydrogen-bond donors (Lipinski definition) is 1. The number of pyridine rings is 1. The maximum Gasteiger partial charge on any atom is 0.349 e. The molecule has 1 N–H and O–H groups in total. The molecule has 160 valence electrons. The Kier molecular flexibility index (Phi) is 7.76. The van der Waals surface area contributed by atoms with Crippen molar-refractivity contribution in [3.05, 3.63) is 39.8 Å². The van der Waals surface area contributed by atoms with Crippen LogP contribution in [-0.2, 0) is 13.6 Å². The normalized spacial score (nSPS) is 11.8. The fourth-order valence-electron chi connectivity index (χ4n) is 2.52. The van der Waals surface area contributed by atoms with Crippen molar-refractivity contribution in [3.8, 4) is 17.2 Å². The first-order valence-electron chi connectivity index (χ1n) is 8.49. The van der Waals surface area contributed by atoms with Crippen molar-refractivity contribution in [2.24, 2.45) is 0 Å². The molecule has 0 spiro atoms. The monoisotopic (exact) mass is 466 g/mol. The van der Waals surface area contributed by atoms with E-state index in [9.17, 15) is 14.1 Å². The molecule has 0 atom stereocenters.